The van der Waals surface area contributed by atoms with Crippen molar-refractivity contribution in [1.82, 2.24) is 24.6 Å². The molecule has 3 heterocycles. The standard InChI is InChI=1S/C21H20N6O4/c28-17(10-26-20(30)12-5-1-2-6-13(12)21(26)31)25-15-7-3-4-8-16(15)27-18-14(9-24-27)19(29)23-11-22-18/h3-4,7-9,11-13H,1-2,5-6,10H2,(H,25,28)(H,22,23,29). The lowest BCUT2D eigenvalue weighted by molar-refractivity contribution is -0.142. The molecule has 2 aliphatic rings. The molecule has 3 amide bonds. The molecule has 0 bridgehead atoms. The molecule has 1 saturated heterocycles. The molecule has 0 spiro atoms. The van der Waals surface area contributed by atoms with E-state index in [1.165, 1.54) is 17.2 Å². The third-order valence-electron chi connectivity index (χ3n) is 6.01. The van der Waals surface area contributed by atoms with Gasteiger partial charge in [-0.3, -0.25) is 24.1 Å². The van der Waals surface area contributed by atoms with E-state index >= 15 is 0 Å². The van der Waals surface area contributed by atoms with Crippen molar-refractivity contribution in [2.24, 2.45) is 11.8 Å². The number of aromatic amines is 1. The third kappa shape index (κ3) is 3.20. The van der Waals surface area contributed by atoms with E-state index in [2.05, 4.69) is 20.4 Å². The summed E-state index contributed by atoms with van der Waals surface area (Å²) in [7, 11) is 0. The summed E-state index contributed by atoms with van der Waals surface area (Å²) in [6.07, 6.45) is 5.96. The van der Waals surface area contributed by atoms with Gasteiger partial charge in [-0.25, -0.2) is 9.67 Å². The summed E-state index contributed by atoms with van der Waals surface area (Å²) >= 11 is 0. The first-order valence-electron chi connectivity index (χ1n) is 10.2. The Hall–Kier alpha value is -3.82. The maximum absolute atomic E-state index is 12.7. The second-order valence-corrected chi connectivity index (χ2v) is 7.85. The van der Waals surface area contributed by atoms with Crippen LogP contribution in [0.25, 0.3) is 16.7 Å². The molecule has 3 aromatic rings. The van der Waals surface area contributed by atoms with Crippen LogP contribution in [0, 0.1) is 11.8 Å². The van der Waals surface area contributed by atoms with Gasteiger partial charge in [-0.05, 0) is 25.0 Å². The van der Waals surface area contributed by atoms with Crippen molar-refractivity contribution in [3.8, 4) is 5.69 Å². The minimum atomic E-state index is -0.477. The monoisotopic (exact) mass is 420 g/mol. The van der Waals surface area contributed by atoms with E-state index in [1.54, 1.807) is 24.3 Å². The van der Waals surface area contributed by atoms with Gasteiger partial charge >= 0.3 is 0 Å². The normalized spacial score (nSPS) is 20.8. The summed E-state index contributed by atoms with van der Waals surface area (Å²) in [5.74, 6) is -1.56. The molecule has 31 heavy (non-hydrogen) atoms. The Morgan fingerprint density at radius 3 is 2.55 bits per heavy atom. The van der Waals surface area contributed by atoms with Gasteiger partial charge in [0.25, 0.3) is 5.56 Å². The van der Waals surface area contributed by atoms with Gasteiger partial charge in [-0.2, -0.15) is 5.10 Å². The highest BCUT2D eigenvalue weighted by Crippen LogP contribution is 2.37. The van der Waals surface area contributed by atoms with E-state index in [9.17, 15) is 19.2 Å². The van der Waals surface area contributed by atoms with Crippen molar-refractivity contribution >= 4 is 34.4 Å². The summed E-state index contributed by atoms with van der Waals surface area (Å²) in [6.45, 7) is -0.323. The average Bonchev–Trinajstić information content (AvgIpc) is 3.31. The number of carbonyl (C=O) groups excluding carboxylic acids is 3. The first-order chi connectivity index (χ1) is 15.0. The third-order valence-corrected chi connectivity index (χ3v) is 6.01. The minimum absolute atomic E-state index is 0.250. The van der Waals surface area contributed by atoms with Gasteiger partial charge in [0.15, 0.2) is 5.65 Å². The van der Waals surface area contributed by atoms with Crippen LogP contribution in [0.2, 0.25) is 0 Å². The van der Waals surface area contributed by atoms with Crippen LogP contribution < -0.4 is 10.9 Å². The van der Waals surface area contributed by atoms with Gasteiger partial charge in [0.05, 0.1) is 35.7 Å². The summed E-state index contributed by atoms with van der Waals surface area (Å²) in [5.41, 5.74) is 0.970. The Morgan fingerprint density at radius 2 is 1.81 bits per heavy atom. The Kier molecular flexibility index (Phi) is 4.61. The van der Waals surface area contributed by atoms with Gasteiger partial charge in [0.2, 0.25) is 17.7 Å². The number of anilines is 1. The first-order valence-corrected chi connectivity index (χ1v) is 10.2. The Bertz CT molecular complexity index is 1240. The van der Waals surface area contributed by atoms with Crippen LogP contribution in [0.1, 0.15) is 25.7 Å². The van der Waals surface area contributed by atoms with E-state index in [1.807, 2.05) is 0 Å². The molecular weight excluding hydrogens is 400 g/mol. The average molecular weight is 420 g/mol. The van der Waals surface area contributed by atoms with Crippen LogP contribution in [0.3, 0.4) is 0 Å². The van der Waals surface area contributed by atoms with Gasteiger partial charge in [-0.15, -0.1) is 0 Å². The van der Waals surface area contributed by atoms with E-state index in [-0.39, 0.29) is 35.8 Å². The molecule has 1 aliphatic carbocycles. The van der Waals surface area contributed by atoms with E-state index in [0.29, 0.717) is 35.2 Å². The molecule has 2 aromatic heterocycles. The van der Waals surface area contributed by atoms with E-state index in [0.717, 1.165) is 17.7 Å². The number of benzene rings is 1. The SMILES string of the molecule is O=C(CN1C(=O)C2CCCCC2C1=O)Nc1ccccc1-n1ncc2c(=O)[nH]cnc21. The minimum Gasteiger partial charge on any atom is -0.323 e. The van der Waals surface area contributed by atoms with Gasteiger partial charge in [0.1, 0.15) is 11.9 Å². The molecule has 1 aromatic carbocycles. The van der Waals surface area contributed by atoms with Gasteiger partial charge in [0, 0.05) is 0 Å². The second kappa shape index (κ2) is 7.46. The van der Waals surface area contributed by atoms with E-state index in [4.69, 9.17) is 0 Å². The molecule has 2 fully saturated rings. The number of carbonyl (C=O) groups is 3. The molecule has 10 heteroatoms. The summed E-state index contributed by atoms with van der Waals surface area (Å²) in [4.78, 5) is 57.7. The molecule has 158 valence electrons. The fourth-order valence-electron chi connectivity index (χ4n) is 4.52. The molecule has 2 atom stereocenters. The molecule has 10 nitrogen and oxygen atoms in total. The fourth-order valence-corrected chi connectivity index (χ4v) is 4.52. The Morgan fingerprint density at radius 1 is 1.10 bits per heavy atom. The number of hydrogen-bond acceptors (Lipinski definition) is 6. The number of aromatic nitrogens is 4. The highest BCUT2D eigenvalue weighted by Gasteiger charge is 2.48. The zero-order valence-electron chi connectivity index (χ0n) is 16.6. The second-order valence-electron chi connectivity index (χ2n) is 7.85. The van der Waals surface area contributed by atoms with Crippen molar-refractivity contribution in [3.05, 3.63) is 47.1 Å². The van der Waals surface area contributed by atoms with Crippen molar-refractivity contribution in [3.63, 3.8) is 0 Å². The molecule has 2 unspecified atom stereocenters. The quantitative estimate of drug-likeness (QED) is 0.611. The number of amides is 3. The highest BCUT2D eigenvalue weighted by atomic mass is 16.2. The number of rotatable bonds is 4. The lowest BCUT2D eigenvalue weighted by Crippen LogP contribution is -2.38. The molecular formula is C21H20N6O4. The Balaban J connectivity index is 1.39. The summed E-state index contributed by atoms with van der Waals surface area (Å²) in [5, 5.41) is 7.32. The van der Waals surface area contributed by atoms with Gasteiger partial charge < -0.3 is 10.3 Å². The van der Waals surface area contributed by atoms with Crippen LogP contribution in [0.4, 0.5) is 5.69 Å². The maximum atomic E-state index is 12.7. The summed E-state index contributed by atoms with van der Waals surface area (Å²) < 4.78 is 1.46. The topological polar surface area (TPSA) is 130 Å². The molecule has 1 aliphatic heterocycles. The predicted octanol–water partition coefficient (Wildman–Crippen LogP) is 1.22. The first kappa shape index (κ1) is 19.2. The van der Waals surface area contributed by atoms with E-state index < -0.39 is 5.91 Å². The van der Waals surface area contributed by atoms with Crippen molar-refractivity contribution in [2.75, 3.05) is 11.9 Å². The number of hydrogen-bond donors (Lipinski definition) is 2. The number of fused-ring (bicyclic) bond motifs is 2. The number of nitrogens with one attached hydrogen (secondary N) is 2. The summed E-state index contributed by atoms with van der Waals surface area (Å²) in [6, 6.07) is 6.92. The zero-order chi connectivity index (χ0) is 21.5. The molecule has 2 N–H and O–H groups in total. The Labute approximate surface area is 176 Å². The number of H-pyrrole nitrogens is 1. The van der Waals surface area contributed by atoms with Gasteiger partial charge in [-0.1, -0.05) is 25.0 Å². The predicted molar refractivity (Wildman–Crippen MR) is 110 cm³/mol. The number of likely N-dealkylation sites (tertiary alicyclic amines) is 1. The van der Waals surface area contributed by atoms with Crippen molar-refractivity contribution < 1.29 is 14.4 Å². The number of imide groups is 1. The maximum Gasteiger partial charge on any atom is 0.261 e. The van der Waals surface area contributed by atoms with Crippen LogP contribution >= 0.6 is 0 Å². The van der Waals surface area contributed by atoms with Crippen LogP contribution in [0.5, 0.6) is 0 Å². The zero-order valence-corrected chi connectivity index (χ0v) is 16.6. The van der Waals surface area contributed by atoms with Crippen molar-refractivity contribution in [1.29, 1.82) is 0 Å². The molecule has 5 rings (SSSR count). The van der Waals surface area contributed by atoms with Crippen molar-refractivity contribution in [2.45, 2.75) is 25.7 Å². The van der Waals surface area contributed by atoms with Crippen LogP contribution in [-0.2, 0) is 14.4 Å². The highest BCUT2D eigenvalue weighted by molar-refractivity contribution is 6.08. The fraction of sp³-hybridized carbons (Fsp3) is 0.333. The smallest absolute Gasteiger partial charge is 0.261 e. The number of nitrogens with zero attached hydrogens (tertiary/aromatic N) is 4. The van der Waals surface area contributed by atoms with Crippen LogP contribution in [-0.4, -0.2) is 48.9 Å². The lowest BCUT2D eigenvalue weighted by atomic mass is 9.81. The molecule has 0 radical (unpaired) electrons. The largest absolute Gasteiger partial charge is 0.323 e. The lowest BCUT2D eigenvalue weighted by Gasteiger charge is -2.19. The van der Waals surface area contributed by atoms with Crippen LogP contribution in [0.15, 0.2) is 41.6 Å². The molecule has 1 saturated carbocycles. The number of para-hydroxylation sites is 2.